The van der Waals surface area contributed by atoms with Gasteiger partial charge in [0.15, 0.2) is 11.5 Å². The van der Waals surface area contributed by atoms with Gasteiger partial charge in [-0.2, -0.15) is 13.2 Å². The average molecular weight is 347 g/mol. The molecule has 0 amide bonds. The van der Waals surface area contributed by atoms with E-state index in [2.05, 4.69) is 5.73 Å². The molecule has 3 nitrogen and oxygen atoms in total. The first-order valence-corrected chi connectivity index (χ1v) is 6.90. The fraction of sp³-hybridized carbons (Fsp3) is 0.250. The zero-order valence-corrected chi connectivity index (χ0v) is 12.6. The van der Waals surface area contributed by atoms with Crippen LogP contribution in [0.4, 0.5) is 22.0 Å². The largest absolute Gasteiger partial charge is 0.486 e. The quantitative estimate of drug-likeness (QED) is 0.793. The van der Waals surface area contributed by atoms with Gasteiger partial charge in [-0.15, -0.1) is 0 Å². The number of hydrogen-bond donors (Lipinski definition) is 1. The summed E-state index contributed by atoms with van der Waals surface area (Å²) in [6, 6.07) is 4.15. The van der Waals surface area contributed by atoms with Crippen LogP contribution in [0.1, 0.15) is 5.56 Å². The van der Waals surface area contributed by atoms with E-state index in [0.29, 0.717) is 6.07 Å². The molecule has 130 valence electrons. The predicted octanol–water partition coefficient (Wildman–Crippen LogP) is 4.00. The van der Waals surface area contributed by atoms with Crippen LogP contribution in [-0.4, -0.2) is 20.3 Å². The van der Waals surface area contributed by atoms with Gasteiger partial charge in [-0.3, -0.25) is 0 Å². The number of nitrogens with two attached hydrogens (primary N) is 1. The topological polar surface area (TPSA) is 44.5 Å². The Morgan fingerprint density at radius 2 is 1.54 bits per heavy atom. The van der Waals surface area contributed by atoms with Crippen molar-refractivity contribution in [2.75, 3.05) is 20.3 Å². The second-order valence-corrected chi connectivity index (χ2v) is 4.67. The summed E-state index contributed by atoms with van der Waals surface area (Å²) in [5.74, 6) is -1.75. The first-order chi connectivity index (χ1) is 11.4. The molecule has 1 heterocycles. The lowest BCUT2D eigenvalue weighted by molar-refractivity contribution is -0.137. The van der Waals surface area contributed by atoms with E-state index in [-0.39, 0.29) is 35.8 Å². The molecule has 2 aromatic carbocycles. The number of halogens is 5. The van der Waals surface area contributed by atoms with Crippen LogP contribution < -0.4 is 15.2 Å². The third-order valence-corrected chi connectivity index (χ3v) is 3.18. The molecule has 0 fully saturated rings. The molecular weight excluding hydrogens is 333 g/mol. The first-order valence-electron chi connectivity index (χ1n) is 6.90. The maximum absolute atomic E-state index is 13.7. The molecule has 0 bridgehead atoms. The minimum absolute atomic E-state index is 0.0183. The summed E-state index contributed by atoms with van der Waals surface area (Å²) in [7, 11) is 1.50. The van der Waals surface area contributed by atoms with Crippen LogP contribution in [0.25, 0.3) is 11.1 Å². The van der Waals surface area contributed by atoms with Gasteiger partial charge in [0.05, 0.1) is 5.56 Å². The molecule has 1 aliphatic heterocycles. The zero-order valence-electron chi connectivity index (χ0n) is 12.6. The second-order valence-electron chi connectivity index (χ2n) is 4.67. The highest BCUT2D eigenvalue weighted by Gasteiger charge is 2.35. The Balaban J connectivity index is 0.00000100. The molecule has 2 N–H and O–H groups in total. The molecule has 3 rings (SSSR count). The van der Waals surface area contributed by atoms with Gasteiger partial charge in [0, 0.05) is 11.6 Å². The van der Waals surface area contributed by atoms with E-state index in [9.17, 15) is 22.0 Å². The SMILES string of the molecule is CN.Fc1cc2c(c(-c3ccc(F)cc3C(F)(F)F)c1)OCCO2. The van der Waals surface area contributed by atoms with E-state index in [0.717, 1.165) is 24.3 Å². The Bertz CT molecular complexity index is 731. The molecule has 24 heavy (non-hydrogen) atoms. The van der Waals surface area contributed by atoms with E-state index in [1.807, 2.05) is 0 Å². The van der Waals surface area contributed by atoms with Crippen LogP contribution >= 0.6 is 0 Å². The van der Waals surface area contributed by atoms with Gasteiger partial charge < -0.3 is 15.2 Å². The third kappa shape index (κ3) is 3.59. The van der Waals surface area contributed by atoms with Crippen molar-refractivity contribution in [3.63, 3.8) is 0 Å². The molecule has 1 aliphatic rings. The lowest BCUT2D eigenvalue weighted by Gasteiger charge is -2.22. The van der Waals surface area contributed by atoms with E-state index in [4.69, 9.17) is 9.47 Å². The lowest BCUT2D eigenvalue weighted by Crippen LogP contribution is -2.17. The van der Waals surface area contributed by atoms with Crippen LogP contribution in [0.3, 0.4) is 0 Å². The molecule has 0 radical (unpaired) electrons. The molecule has 0 saturated heterocycles. The van der Waals surface area contributed by atoms with Crippen molar-refractivity contribution in [1.82, 2.24) is 0 Å². The number of alkyl halides is 3. The van der Waals surface area contributed by atoms with Crippen LogP contribution in [0.5, 0.6) is 11.5 Å². The van der Waals surface area contributed by atoms with Gasteiger partial charge in [-0.05, 0) is 30.8 Å². The summed E-state index contributed by atoms with van der Waals surface area (Å²) < 4.78 is 76.7. The summed E-state index contributed by atoms with van der Waals surface area (Å²) in [6.45, 7) is 0.305. The highest BCUT2D eigenvalue weighted by Crippen LogP contribution is 2.45. The van der Waals surface area contributed by atoms with Crippen LogP contribution in [0, 0.1) is 11.6 Å². The Morgan fingerprint density at radius 1 is 0.875 bits per heavy atom. The van der Waals surface area contributed by atoms with Gasteiger partial charge >= 0.3 is 6.18 Å². The molecule has 0 spiro atoms. The van der Waals surface area contributed by atoms with Crippen molar-refractivity contribution in [1.29, 1.82) is 0 Å². The number of hydrogen-bond acceptors (Lipinski definition) is 3. The molecule has 0 unspecified atom stereocenters. The zero-order chi connectivity index (χ0) is 17.9. The smallest absolute Gasteiger partial charge is 0.417 e. The maximum atomic E-state index is 13.7. The maximum Gasteiger partial charge on any atom is 0.417 e. The molecule has 0 saturated carbocycles. The normalized spacial score (nSPS) is 13.1. The van der Waals surface area contributed by atoms with Gasteiger partial charge in [-0.25, -0.2) is 8.78 Å². The lowest BCUT2D eigenvalue weighted by atomic mass is 9.97. The Kier molecular flexibility index (Phi) is 5.28. The highest BCUT2D eigenvalue weighted by molar-refractivity contribution is 5.77. The van der Waals surface area contributed by atoms with Gasteiger partial charge in [0.1, 0.15) is 24.8 Å². The molecule has 0 aliphatic carbocycles. The van der Waals surface area contributed by atoms with Crippen LogP contribution in [0.2, 0.25) is 0 Å². The molecule has 2 aromatic rings. The van der Waals surface area contributed by atoms with Crippen LogP contribution in [-0.2, 0) is 6.18 Å². The summed E-state index contributed by atoms with van der Waals surface area (Å²) in [6.07, 6.45) is -4.79. The second kappa shape index (κ2) is 7.04. The number of rotatable bonds is 1. The van der Waals surface area contributed by atoms with Crippen molar-refractivity contribution >= 4 is 0 Å². The summed E-state index contributed by atoms with van der Waals surface area (Å²) in [5, 5.41) is 0. The predicted molar refractivity (Wildman–Crippen MR) is 77.9 cm³/mol. The summed E-state index contributed by atoms with van der Waals surface area (Å²) in [5.41, 5.74) is 2.81. The number of ether oxygens (including phenoxy) is 2. The van der Waals surface area contributed by atoms with Crippen LogP contribution in [0.15, 0.2) is 30.3 Å². The Labute approximate surface area is 134 Å². The van der Waals surface area contributed by atoms with E-state index in [1.165, 1.54) is 7.05 Å². The average Bonchev–Trinajstić information content (AvgIpc) is 2.55. The molecule has 0 aromatic heterocycles. The van der Waals surface area contributed by atoms with Crippen molar-refractivity contribution in [3.05, 3.63) is 47.5 Å². The van der Waals surface area contributed by atoms with E-state index < -0.39 is 23.4 Å². The molecule has 0 atom stereocenters. The minimum atomic E-state index is -4.79. The third-order valence-electron chi connectivity index (χ3n) is 3.18. The van der Waals surface area contributed by atoms with Gasteiger partial charge in [0.2, 0.25) is 0 Å². The van der Waals surface area contributed by atoms with Gasteiger partial charge in [-0.1, -0.05) is 6.07 Å². The fourth-order valence-corrected chi connectivity index (χ4v) is 2.31. The molecular formula is C16H14F5NO2. The number of benzene rings is 2. The van der Waals surface area contributed by atoms with Crippen molar-refractivity contribution in [3.8, 4) is 22.6 Å². The molecule has 8 heteroatoms. The van der Waals surface area contributed by atoms with Crippen molar-refractivity contribution in [2.24, 2.45) is 5.73 Å². The highest BCUT2D eigenvalue weighted by atomic mass is 19.4. The number of fused-ring (bicyclic) bond motifs is 1. The van der Waals surface area contributed by atoms with E-state index in [1.54, 1.807) is 0 Å². The van der Waals surface area contributed by atoms with Gasteiger partial charge in [0.25, 0.3) is 0 Å². The monoisotopic (exact) mass is 347 g/mol. The van der Waals surface area contributed by atoms with E-state index >= 15 is 0 Å². The summed E-state index contributed by atoms with van der Waals surface area (Å²) >= 11 is 0. The minimum Gasteiger partial charge on any atom is -0.486 e. The standard InChI is InChI=1S/C15H9F5O2.CH5N/c16-8-1-2-10(12(6-8)15(18,19)20)11-5-9(17)7-13-14(11)22-4-3-21-13;1-2/h1-2,5-7H,3-4H2;2H2,1H3. The Morgan fingerprint density at radius 3 is 2.21 bits per heavy atom. The van der Waals surface area contributed by atoms with Crippen molar-refractivity contribution in [2.45, 2.75) is 6.18 Å². The van der Waals surface area contributed by atoms with Crippen molar-refractivity contribution < 1.29 is 31.4 Å². The first kappa shape index (κ1) is 18.0. The summed E-state index contributed by atoms with van der Waals surface area (Å²) in [4.78, 5) is 0. The Hall–Kier alpha value is -2.35. The fourth-order valence-electron chi connectivity index (χ4n) is 2.31.